The van der Waals surface area contributed by atoms with Crippen molar-refractivity contribution in [2.24, 2.45) is 22.2 Å². The summed E-state index contributed by atoms with van der Waals surface area (Å²) in [5.41, 5.74) is 16.3. The highest BCUT2D eigenvalue weighted by Gasteiger charge is 2.09. The van der Waals surface area contributed by atoms with Crippen LogP contribution in [0.15, 0.2) is 33.9 Å². The molecule has 0 fully saturated rings. The van der Waals surface area contributed by atoms with E-state index in [-0.39, 0.29) is 21.8 Å². The number of guanidine groups is 1. The minimum absolute atomic E-state index is 0.168. The fourth-order valence-corrected chi connectivity index (χ4v) is 1.33. The molecule has 1 aromatic carbocycles. The van der Waals surface area contributed by atoms with Crippen molar-refractivity contribution in [3.8, 4) is 0 Å². The SMILES string of the molecule is NC(N)=N/C(=C(\N)Br)c1ccccc1F. The van der Waals surface area contributed by atoms with Crippen LogP contribution in [0.5, 0.6) is 0 Å². The topological polar surface area (TPSA) is 90.4 Å². The molecule has 0 saturated carbocycles. The minimum Gasteiger partial charge on any atom is -0.391 e. The Morgan fingerprint density at radius 2 is 1.80 bits per heavy atom. The van der Waals surface area contributed by atoms with E-state index in [1.165, 1.54) is 12.1 Å². The highest BCUT2D eigenvalue weighted by atomic mass is 79.9. The van der Waals surface area contributed by atoms with Crippen LogP contribution in [-0.2, 0) is 0 Å². The smallest absolute Gasteiger partial charge is 0.191 e. The van der Waals surface area contributed by atoms with E-state index in [4.69, 9.17) is 17.2 Å². The van der Waals surface area contributed by atoms with Crippen molar-refractivity contribution in [3.05, 3.63) is 40.3 Å². The fraction of sp³-hybridized carbons (Fsp3) is 0. The van der Waals surface area contributed by atoms with Crippen LogP contribution in [0.3, 0.4) is 0 Å². The molecule has 80 valence electrons. The summed E-state index contributed by atoms with van der Waals surface area (Å²) in [7, 11) is 0. The number of rotatable bonds is 2. The maximum Gasteiger partial charge on any atom is 0.191 e. The zero-order chi connectivity index (χ0) is 11.4. The van der Waals surface area contributed by atoms with Crippen LogP contribution < -0.4 is 17.2 Å². The summed E-state index contributed by atoms with van der Waals surface area (Å²) in [6, 6.07) is 6.06. The monoisotopic (exact) mass is 272 g/mol. The predicted octanol–water partition coefficient (Wildman–Crippen LogP) is 1.08. The van der Waals surface area contributed by atoms with Crippen molar-refractivity contribution in [1.82, 2.24) is 0 Å². The molecule has 6 N–H and O–H groups in total. The number of benzene rings is 1. The normalized spacial score (nSPS) is 11.9. The predicted molar refractivity (Wildman–Crippen MR) is 62.2 cm³/mol. The summed E-state index contributed by atoms with van der Waals surface area (Å²) in [5.74, 6) is -0.629. The van der Waals surface area contributed by atoms with E-state index < -0.39 is 5.82 Å². The van der Waals surface area contributed by atoms with Gasteiger partial charge in [0.2, 0.25) is 0 Å². The fourth-order valence-electron chi connectivity index (χ4n) is 1.02. The highest BCUT2D eigenvalue weighted by molar-refractivity contribution is 9.11. The minimum atomic E-state index is -0.445. The second kappa shape index (κ2) is 4.79. The second-order valence-corrected chi connectivity index (χ2v) is 3.57. The molecule has 0 unspecified atom stereocenters. The summed E-state index contributed by atoms with van der Waals surface area (Å²) in [6.45, 7) is 0. The maximum absolute atomic E-state index is 13.4. The van der Waals surface area contributed by atoms with Crippen molar-refractivity contribution in [2.45, 2.75) is 0 Å². The summed E-state index contributed by atoms with van der Waals surface area (Å²) < 4.78 is 13.6. The lowest BCUT2D eigenvalue weighted by molar-refractivity contribution is 0.623. The van der Waals surface area contributed by atoms with Crippen molar-refractivity contribution in [3.63, 3.8) is 0 Å². The van der Waals surface area contributed by atoms with Gasteiger partial charge < -0.3 is 17.2 Å². The molecule has 0 amide bonds. The van der Waals surface area contributed by atoms with E-state index in [2.05, 4.69) is 20.9 Å². The van der Waals surface area contributed by atoms with Crippen LogP contribution in [0.4, 0.5) is 4.39 Å². The lowest BCUT2D eigenvalue weighted by Gasteiger charge is -2.05. The summed E-state index contributed by atoms with van der Waals surface area (Å²) in [5, 5.41) is 0. The zero-order valence-corrected chi connectivity index (χ0v) is 9.33. The van der Waals surface area contributed by atoms with E-state index in [1.54, 1.807) is 12.1 Å². The van der Waals surface area contributed by atoms with Crippen LogP contribution in [-0.4, -0.2) is 5.96 Å². The first-order valence-electron chi connectivity index (χ1n) is 4.02. The van der Waals surface area contributed by atoms with Crippen LogP contribution in [0, 0.1) is 5.82 Å². The number of hydrogen-bond acceptors (Lipinski definition) is 2. The van der Waals surface area contributed by atoms with Gasteiger partial charge in [0, 0.05) is 5.56 Å². The van der Waals surface area contributed by atoms with E-state index in [9.17, 15) is 4.39 Å². The summed E-state index contributed by atoms with van der Waals surface area (Å²) in [6.07, 6.45) is 0. The van der Waals surface area contributed by atoms with Crippen LogP contribution in [0.2, 0.25) is 0 Å². The molecular formula is C9H10BrFN4. The van der Waals surface area contributed by atoms with Crippen molar-refractivity contribution >= 4 is 27.6 Å². The van der Waals surface area contributed by atoms with Crippen molar-refractivity contribution < 1.29 is 4.39 Å². The molecule has 0 radical (unpaired) electrons. The van der Waals surface area contributed by atoms with Crippen LogP contribution in [0.1, 0.15) is 5.56 Å². The van der Waals surface area contributed by atoms with Gasteiger partial charge in [-0.3, -0.25) is 0 Å². The van der Waals surface area contributed by atoms with Crippen LogP contribution in [0.25, 0.3) is 5.70 Å². The van der Waals surface area contributed by atoms with Gasteiger partial charge in [-0.2, -0.15) is 0 Å². The molecule has 4 nitrogen and oxygen atoms in total. The Morgan fingerprint density at radius 1 is 1.20 bits per heavy atom. The lowest BCUT2D eigenvalue weighted by Crippen LogP contribution is -2.22. The van der Waals surface area contributed by atoms with Gasteiger partial charge in [0.15, 0.2) is 5.96 Å². The molecule has 0 aliphatic heterocycles. The first kappa shape index (κ1) is 11.5. The Labute approximate surface area is 94.8 Å². The standard InChI is InChI=1S/C9H10BrFN4/c10-8(12)7(15-9(13)14)5-3-1-2-4-6(5)11/h1-4H,12H2,(H4,13,14,15)/b8-7-. The molecule has 0 heterocycles. The molecule has 0 aromatic heterocycles. The third kappa shape index (κ3) is 2.95. The van der Waals surface area contributed by atoms with E-state index in [1.807, 2.05) is 0 Å². The van der Waals surface area contributed by atoms with Gasteiger partial charge in [-0.15, -0.1) is 0 Å². The lowest BCUT2D eigenvalue weighted by atomic mass is 10.1. The molecule has 0 saturated heterocycles. The molecule has 0 aliphatic carbocycles. The van der Waals surface area contributed by atoms with E-state index >= 15 is 0 Å². The molecule has 0 atom stereocenters. The Hall–Kier alpha value is -1.56. The number of hydrogen-bond donors (Lipinski definition) is 3. The Morgan fingerprint density at radius 3 is 2.27 bits per heavy atom. The van der Waals surface area contributed by atoms with Crippen LogP contribution >= 0.6 is 15.9 Å². The number of nitrogens with zero attached hydrogens (tertiary/aromatic N) is 1. The highest BCUT2D eigenvalue weighted by Crippen LogP contribution is 2.23. The van der Waals surface area contributed by atoms with E-state index in [0.29, 0.717) is 0 Å². The average Bonchev–Trinajstić information content (AvgIpc) is 2.15. The van der Waals surface area contributed by atoms with Gasteiger partial charge in [-0.05, 0) is 28.1 Å². The molecule has 1 rings (SSSR count). The molecule has 0 spiro atoms. The second-order valence-electron chi connectivity index (χ2n) is 2.71. The van der Waals surface area contributed by atoms with Gasteiger partial charge in [0.05, 0.1) is 0 Å². The summed E-state index contributed by atoms with van der Waals surface area (Å²) in [4.78, 5) is 3.75. The maximum atomic E-state index is 13.4. The summed E-state index contributed by atoms with van der Waals surface area (Å²) >= 11 is 3.01. The third-order valence-electron chi connectivity index (χ3n) is 1.60. The van der Waals surface area contributed by atoms with Gasteiger partial charge in [0.1, 0.15) is 16.1 Å². The van der Waals surface area contributed by atoms with E-state index in [0.717, 1.165) is 0 Å². The number of nitrogens with two attached hydrogens (primary N) is 3. The zero-order valence-electron chi connectivity index (χ0n) is 7.74. The molecular weight excluding hydrogens is 263 g/mol. The Bertz CT molecular complexity index is 420. The van der Waals surface area contributed by atoms with Gasteiger partial charge >= 0.3 is 0 Å². The number of aliphatic imine (C=N–C) groups is 1. The van der Waals surface area contributed by atoms with Gasteiger partial charge in [0.25, 0.3) is 0 Å². The Kier molecular flexibility index (Phi) is 3.68. The third-order valence-corrected chi connectivity index (χ3v) is 1.97. The molecule has 0 bridgehead atoms. The molecule has 0 aliphatic rings. The first-order chi connectivity index (χ1) is 7.02. The Balaban J connectivity index is 3.31. The molecule has 6 heteroatoms. The largest absolute Gasteiger partial charge is 0.391 e. The van der Waals surface area contributed by atoms with Gasteiger partial charge in [-0.1, -0.05) is 12.1 Å². The van der Waals surface area contributed by atoms with Gasteiger partial charge in [-0.25, -0.2) is 9.38 Å². The van der Waals surface area contributed by atoms with Crippen molar-refractivity contribution in [2.75, 3.05) is 0 Å². The van der Waals surface area contributed by atoms with Crippen molar-refractivity contribution in [1.29, 1.82) is 0 Å². The first-order valence-corrected chi connectivity index (χ1v) is 4.81. The number of halogens is 2. The molecule has 1 aromatic rings. The quantitative estimate of drug-likeness (QED) is 0.428. The molecule has 15 heavy (non-hydrogen) atoms. The average molecular weight is 273 g/mol.